The highest BCUT2D eigenvalue weighted by Gasteiger charge is 1.97. The maximum Gasteiger partial charge on any atom is 0.157 e. The van der Waals surface area contributed by atoms with Crippen LogP contribution in [-0.4, -0.2) is 12.9 Å². The number of carbonyl (C=O) groups is 1. The number of benzene rings is 1. The van der Waals surface area contributed by atoms with Crippen molar-refractivity contribution in [2.75, 3.05) is 6.61 Å². The van der Waals surface area contributed by atoms with E-state index in [2.05, 4.69) is 0 Å². The molecule has 1 aromatic rings. The van der Waals surface area contributed by atoms with Gasteiger partial charge in [0.2, 0.25) is 0 Å². The van der Waals surface area contributed by atoms with Gasteiger partial charge in [-0.2, -0.15) is 0 Å². The zero-order valence-electron chi connectivity index (χ0n) is 6.71. The molecular formula is C9H9ClO2. The summed E-state index contributed by atoms with van der Waals surface area (Å²) in [7, 11) is 0. The van der Waals surface area contributed by atoms with E-state index in [9.17, 15) is 4.79 Å². The average Bonchev–Trinajstić information content (AvgIpc) is 2.07. The van der Waals surface area contributed by atoms with Gasteiger partial charge in [0.25, 0.3) is 0 Å². The summed E-state index contributed by atoms with van der Waals surface area (Å²) in [6.07, 6.45) is 0.712. The highest BCUT2D eigenvalue weighted by Crippen LogP contribution is 2.20. The molecule has 0 saturated carbocycles. The molecule has 64 valence electrons. The number of carbonyl (C=O) groups excluding carboxylic acids is 1. The molecule has 1 aromatic carbocycles. The first-order chi connectivity index (χ1) is 5.74. The lowest BCUT2D eigenvalue weighted by Gasteiger charge is -2.03. The summed E-state index contributed by atoms with van der Waals surface area (Å²) in [6.45, 7) is 1.97. The van der Waals surface area contributed by atoms with Crippen LogP contribution in [-0.2, 0) is 4.79 Å². The van der Waals surface area contributed by atoms with Gasteiger partial charge < -0.3 is 4.74 Å². The van der Waals surface area contributed by atoms with Gasteiger partial charge in [-0.25, -0.2) is 0 Å². The first-order valence-corrected chi connectivity index (χ1v) is 3.94. The van der Waals surface area contributed by atoms with Crippen molar-refractivity contribution in [3.05, 3.63) is 28.8 Å². The van der Waals surface area contributed by atoms with E-state index in [1.807, 2.05) is 6.92 Å². The zero-order chi connectivity index (χ0) is 8.97. The van der Waals surface area contributed by atoms with Crippen LogP contribution in [0.4, 0.5) is 0 Å². The maximum absolute atomic E-state index is 9.98. The van der Waals surface area contributed by atoms with Gasteiger partial charge in [0.05, 0.1) is 0 Å². The van der Waals surface area contributed by atoms with Gasteiger partial charge >= 0.3 is 0 Å². The lowest BCUT2D eigenvalue weighted by Crippen LogP contribution is -1.97. The molecule has 0 aliphatic heterocycles. The highest BCUT2D eigenvalue weighted by molar-refractivity contribution is 6.31. The van der Waals surface area contributed by atoms with Crippen molar-refractivity contribution in [3.63, 3.8) is 0 Å². The fourth-order valence-corrected chi connectivity index (χ4v) is 0.955. The second-order valence-electron chi connectivity index (χ2n) is 2.39. The van der Waals surface area contributed by atoms with Crippen LogP contribution < -0.4 is 4.74 Å². The van der Waals surface area contributed by atoms with Gasteiger partial charge in [0, 0.05) is 5.02 Å². The third-order valence-corrected chi connectivity index (χ3v) is 1.87. The van der Waals surface area contributed by atoms with Crippen molar-refractivity contribution < 1.29 is 9.53 Å². The Bertz CT molecular complexity index is 284. The second-order valence-corrected chi connectivity index (χ2v) is 2.80. The lowest BCUT2D eigenvalue weighted by molar-refractivity contribution is -0.109. The van der Waals surface area contributed by atoms with Crippen LogP contribution in [0.3, 0.4) is 0 Å². The minimum atomic E-state index is 0.0844. The number of aryl methyl sites for hydroxylation is 1. The van der Waals surface area contributed by atoms with Crippen LogP contribution in [0.1, 0.15) is 5.56 Å². The lowest BCUT2D eigenvalue weighted by atomic mass is 10.2. The van der Waals surface area contributed by atoms with Crippen molar-refractivity contribution in [3.8, 4) is 5.75 Å². The summed E-state index contributed by atoms with van der Waals surface area (Å²) in [6, 6.07) is 5.28. The first-order valence-electron chi connectivity index (χ1n) is 3.56. The summed E-state index contributed by atoms with van der Waals surface area (Å²) < 4.78 is 5.06. The Balaban J connectivity index is 2.75. The fraction of sp³-hybridized carbons (Fsp3) is 0.222. The minimum absolute atomic E-state index is 0.0844. The molecule has 0 spiro atoms. The van der Waals surface area contributed by atoms with Crippen LogP contribution in [0.25, 0.3) is 0 Å². The molecule has 0 heterocycles. The van der Waals surface area contributed by atoms with E-state index < -0.39 is 0 Å². The summed E-state index contributed by atoms with van der Waals surface area (Å²) in [5, 5.41) is 0.702. The number of hydrogen-bond acceptors (Lipinski definition) is 2. The third kappa shape index (κ3) is 2.24. The molecule has 0 N–H and O–H groups in total. The molecule has 0 aliphatic carbocycles. The second kappa shape index (κ2) is 4.12. The predicted molar refractivity (Wildman–Crippen MR) is 47.7 cm³/mol. The SMILES string of the molecule is Cc1cc(OCC=O)ccc1Cl. The Morgan fingerprint density at radius 2 is 2.33 bits per heavy atom. The molecule has 0 fully saturated rings. The number of halogens is 1. The highest BCUT2D eigenvalue weighted by atomic mass is 35.5. The maximum atomic E-state index is 9.98. The van der Waals surface area contributed by atoms with E-state index in [-0.39, 0.29) is 6.61 Å². The molecule has 0 atom stereocenters. The Labute approximate surface area is 76.1 Å². The van der Waals surface area contributed by atoms with Gasteiger partial charge in [-0.3, -0.25) is 4.79 Å². The Kier molecular flexibility index (Phi) is 3.11. The Morgan fingerprint density at radius 3 is 2.92 bits per heavy atom. The van der Waals surface area contributed by atoms with Crippen molar-refractivity contribution in [2.45, 2.75) is 6.92 Å². The quantitative estimate of drug-likeness (QED) is 0.674. The summed E-state index contributed by atoms with van der Waals surface area (Å²) in [4.78, 5) is 9.98. The van der Waals surface area contributed by atoms with Crippen LogP contribution in [0, 0.1) is 6.92 Å². The summed E-state index contributed by atoms with van der Waals surface area (Å²) >= 11 is 5.79. The molecular weight excluding hydrogens is 176 g/mol. The monoisotopic (exact) mass is 184 g/mol. The number of aldehydes is 1. The topological polar surface area (TPSA) is 26.3 Å². The molecule has 3 heteroatoms. The van der Waals surface area contributed by atoms with Crippen LogP contribution >= 0.6 is 11.6 Å². The predicted octanol–water partition coefficient (Wildman–Crippen LogP) is 2.23. The summed E-state index contributed by atoms with van der Waals surface area (Å²) in [5.74, 6) is 0.670. The Hall–Kier alpha value is -1.02. The van der Waals surface area contributed by atoms with Gasteiger partial charge in [-0.05, 0) is 30.7 Å². The standard InChI is InChI=1S/C9H9ClO2/c1-7-6-8(12-5-4-11)2-3-9(7)10/h2-4,6H,5H2,1H3. The molecule has 0 unspecified atom stereocenters. The normalized spacial score (nSPS) is 9.50. The number of hydrogen-bond donors (Lipinski definition) is 0. The van der Waals surface area contributed by atoms with Crippen LogP contribution in [0.15, 0.2) is 18.2 Å². The molecule has 0 bridgehead atoms. The molecule has 2 nitrogen and oxygen atoms in total. The molecule has 0 aromatic heterocycles. The number of ether oxygens (including phenoxy) is 1. The molecule has 12 heavy (non-hydrogen) atoms. The van der Waals surface area contributed by atoms with E-state index in [1.54, 1.807) is 18.2 Å². The first kappa shape index (κ1) is 9.07. The van der Waals surface area contributed by atoms with Crippen molar-refractivity contribution in [1.82, 2.24) is 0 Å². The van der Waals surface area contributed by atoms with Crippen LogP contribution in [0.2, 0.25) is 5.02 Å². The van der Waals surface area contributed by atoms with Crippen molar-refractivity contribution in [1.29, 1.82) is 0 Å². The smallest absolute Gasteiger partial charge is 0.157 e. The molecule has 0 radical (unpaired) electrons. The van der Waals surface area contributed by atoms with Gasteiger partial charge in [0.1, 0.15) is 12.4 Å². The average molecular weight is 185 g/mol. The summed E-state index contributed by atoms with van der Waals surface area (Å²) in [5.41, 5.74) is 0.945. The molecule has 0 amide bonds. The Morgan fingerprint density at radius 1 is 1.58 bits per heavy atom. The van der Waals surface area contributed by atoms with Crippen molar-refractivity contribution >= 4 is 17.9 Å². The van der Waals surface area contributed by atoms with Crippen molar-refractivity contribution in [2.24, 2.45) is 0 Å². The van der Waals surface area contributed by atoms with Gasteiger partial charge in [-0.15, -0.1) is 0 Å². The largest absolute Gasteiger partial charge is 0.486 e. The molecule has 0 aliphatic rings. The fourth-order valence-electron chi connectivity index (χ4n) is 0.837. The van der Waals surface area contributed by atoms with E-state index in [0.717, 1.165) is 5.56 Å². The number of rotatable bonds is 3. The van der Waals surface area contributed by atoms with Gasteiger partial charge in [0.15, 0.2) is 6.29 Å². The van der Waals surface area contributed by atoms with E-state index in [4.69, 9.17) is 16.3 Å². The van der Waals surface area contributed by atoms with Crippen LogP contribution in [0.5, 0.6) is 5.75 Å². The van der Waals surface area contributed by atoms with E-state index in [1.165, 1.54) is 0 Å². The molecule has 0 saturated heterocycles. The molecule has 1 rings (SSSR count). The third-order valence-electron chi connectivity index (χ3n) is 1.45. The van der Waals surface area contributed by atoms with E-state index in [0.29, 0.717) is 17.1 Å². The zero-order valence-corrected chi connectivity index (χ0v) is 7.47. The van der Waals surface area contributed by atoms with E-state index >= 15 is 0 Å². The van der Waals surface area contributed by atoms with Gasteiger partial charge in [-0.1, -0.05) is 11.6 Å². The minimum Gasteiger partial charge on any atom is -0.486 e.